The van der Waals surface area contributed by atoms with Crippen LogP contribution in [0.4, 0.5) is 0 Å². The summed E-state index contributed by atoms with van der Waals surface area (Å²) >= 11 is 0. The van der Waals surface area contributed by atoms with Gasteiger partial charge in [-0.1, -0.05) is 51.0 Å². The van der Waals surface area contributed by atoms with Gasteiger partial charge in [0.05, 0.1) is 0 Å². The molecule has 0 saturated heterocycles. The lowest BCUT2D eigenvalue weighted by Gasteiger charge is -2.26. The maximum Gasteiger partial charge on any atom is 0.279 e. The Morgan fingerprint density at radius 1 is 1.15 bits per heavy atom. The standard InChI is InChI=1S/C21H31N3O2/c1-14(2)11-19(21(26)23-17-9-5-6-10-17)24-20(25)18-12-15-7-3-4-8-16(15)13-22-18/h3-4,7-8,14,17-19,22H,5-6,9-13H2,1-2H3,(H,23,26)(H,24,25)/p+1/t18-,19+/m0/s1. The monoisotopic (exact) mass is 358 g/mol. The van der Waals surface area contributed by atoms with Crippen molar-refractivity contribution >= 4 is 11.8 Å². The van der Waals surface area contributed by atoms with Gasteiger partial charge in [0.25, 0.3) is 5.91 Å². The van der Waals surface area contributed by atoms with E-state index in [0.29, 0.717) is 12.3 Å². The minimum atomic E-state index is -0.436. The third kappa shape index (κ3) is 4.85. The van der Waals surface area contributed by atoms with Crippen molar-refractivity contribution in [3.63, 3.8) is 0 Å². The Kier molecular flexibility index (Phi) is 6.30. The number of carbonyl (C=O) groups is 2. The van der Waals surface area contributed by atoms with Crippen LogP contribution in [0.25, 0.3) is 0 Å². The van der Waals surface area contributed by atoms with Crippen LogP contribution in [0.3, 0.4) is 0 Å². The first-order valence-electron chi connectivity index (χ1n) is 10.0. The van der Waals surface area contributed by atoms with Crippen LogP contribution < -0.4 is 16.0 Å². The highest BCUT2D eigenvalue weighted by atomic mass is 16.2. The summed E-state index contributed by atoms with van der Waals surface area (Å²) in [5.41, 5.74) is 2.54. The van der Waals surface area contributed by atoms with Crippen LogP contribution in [0, 0.1) is 5.92 Å². The van der Waals surface area contributed by atoms with E-state index in [4.69, 9.17) is 0 Å². The molecule has 1 aromatic rings. The van der Waals surface area contributed by atoms with Crippen molar-refractivity contribution < 1.29 is 14.9 Å². The third-order valence-corrected chi connectivity index (χ3v) is 5.56. The summed E-state index contributed by atoms with van der Waals surface area (Å²) < 4.78 is 0. The maximum atomic E-state index is 12.8. The Hall–Kier alpha value is -1.88. The first-order valence-corrected chi connectivity index (χ1v) is 10.0. The van der Waals surface area contributed by atoms with Crippen molar-refractivity contribution in [2.45, 2.75) is 77.0 Å². The SMILES string of the molecule is CC(C)C[C@@H](NC(=O)[C@@H]1Cc2ccccc2C[NH2+]1)C(=O)NC1CCCC1. The molecule has 1 fully saturated rings. The van der Waals surface area contributed by atoms with Crippen molar-refractivity contribution in [3.05, 3.63) is 35.4 Å². The van der Waals surface area contributed by atoms with Gasteiger partial charge in [-0.15, -0.1) is 0 Å². The summed E-state index contributed by atoms with van der Waals surface area (Å²) in [4.78, 5) is 25.5. The molecule has 0 unspecified atom stereocenters. The van der Waals surface area contributed by atoms with E-state index in [-0.39, 0.29) is 23.9 Å². The second kappa shape index (κ2) is 8.67. The molecule has 2 amide bonds. The van der Waals surface area contributed by atoms with E-state index < -0.39 is 6.04 Å². The largest absolute Gasteiger partial charge is 0.352 e. The molecule has 5 heteroatoms. The molecule has 3 rings (SSSR count). The fourth-order valence-electron chi connectivity index (χ4n) is 4.10. The Bertz CT molecular complexity index is 638. The average Bonchev–Trinajstić information content (AvgIpc) is 3.13. The Labute approximate surface area is 156 Å². The predicted octanol–water partition coefficient (Wildman–Crippen LogP) is 1.26. The number of carbonyl (C=O) groups excluding carboxylic acids is 2. The van der Waals surface area contributed by atoms with Crippen molar-refractivity contribution in [1.82, 2.24) is 10.6 Å². The number of hydrogen-bond acceptors (Lipinski definition) is 2. The van der Waals surface area contributed by atoms with E-state index in [1.807, 2.05) is 12.1 Å². The normalized spacial score (nSPS) is 21.3. The average molecular weight is 359 g/mol. The number of nitrogens with two attached hydrogens (primary N) is 1. The lowest BCUT2D eigenvalue weighted by Crippen LogP contribution is -2.93. The fraction of sp³-hybridized carbons (Fsp3) is 0.619. The summed E-state index contributed by atoms with van der Waals surface area (Å²) in [5.74, 6) is 0.313. The zero-order chi connectivity index (χ0) is 18.5. The van der Waals surface area contributed by atoms with E-state index in [1.165, 1.54) is 24.0 Å². The number of benzene rings is 1. The van der Waals surface area contributed by atoms with Gasteiger partial charge >= 0.3 is 0 Å². The second-order valence-corrected chi connectivity index (χ2v) is 8.20. The van der Waals surface area contributed by atoms with Gasteiger partial charge < -0.3 is 16.0 Å². The van der Waals surface area contributed by atoms with Crippen LogP contribution in [-0.2, 0) is 22.6 Å². The first kappa shape index (κ1) is 18.9. The Morgan fingerprint density at radius 2 is 1.85 bits per heavy atom. The Balaban J connectivity index is 1.60. The molecule has 0 radical (unpaired) electrons. The van der Waals surface area contributed by atoms with Crippen LogP contribution in [-0.4, -0.2) is 29.9 Å². The van der Waals surface area contributed by atoms with E-state index in [2.05, 4.69) is 41.9 Å². The van der Waals surface area contributed by atoms with E-state index in [1.54, 1.807) is 0 Å². The van der Waals surface area contributed by atoms with Gasteiger partial charge in [0.15, 0.2) is 6.04 Å². The molecule has 0 aromatic heterocycles. The number of hydrogen-bond donors (Lipinski definition) is 3. The number of quaternary nitrogens is 1. The summed E-state index contributed by atoms with van der Waals surface area (Å²) in [6.07, 6.45) is 5.88. The molecular weight excluding hydrogens is 326 g/mol. The van der Waals surface area contributed by atoms with Gasteiger partial charge in [0.2, 0.25) is 5.91 Å². The molecular formula is C21H32N3O2+. The number of amides is 2. The van der Waals surface area contributed by atoms with Crippen LogP contribution >= 0.6 is 0 Å². The molecule has 142 valence electrons. The third-order valence-electron chi connectivity index (χ3n) is 5.56. The predicted molar refractivity (Wildman–Crippen MR) is 101 cm³/mol. The first-order chi connectivity index (χ1) is 12.5. The van der Waals surface area contributed by atoms with E-state index in [0.717, 1.165) is 25.8 Å². The van der Waals surface area contributed by atoms with Crippen molar-refractivity contribution in [1.29, 1.82) is 0 Å². The van der Waals surface area contributed by atoms with Gasteiger partial charge in [-0.25, -0.2) is 0 Å². The summed E-state index contributed by atoms with van der Waals surface area (Å²) in [5, 5.41) is 8.27. The van der Waals surface area contributed by atoms with Gasteiger partial charge in [-0.3, -0.25) is 9.59 Å². The van der Waals surface area contributed by atoms with Gasteiger partial charge in [0, 0.05) is 18.0 Å². The van der Waals surface area contributed by atoms with Crippen LogP contribution in [0.2, 0.25) is 0 Å². The van der Waals surface area contributed by atoms with Gasteiger partial charge in [-0.2, -0.15) is 0 Å². The highest BCUT2D eigenvalue weighted by Crippen LogP contribution is 2.18. The molecule has 2 atom stereocenters. The molecule has 0 bridgehead atoms. The van der Waals surface area contributed by atoms with Crippen LogP contribution in [0.15, 0.2) is 24.3 Å². The number of rotatable bonds is 6. The fourth-order valence-corrected chi connectivity index (χ4v) is 4.10. The highest BCUT2D eigenvalue weighted by Gasteiger charge is 2.32. The summed E-state index contributed by atoms with van der Waals surface area (Å²) in [6, 6.07) is 7.97. The van der Waals surface area contributed by atoms with Crippen molar-refractivity contribution in [3.8, 4) is 0 Å². The second-order valence-electron chi connectivity index (χ2n) is 8.20. The maximum absolute atomic E-state index is 12.8. The molecule has 1 aliphatic carbocycles. The molecule has 1 heterocycles. The van der Waals surface area contributed by atoms with Gasteiger partial charge in [0.1, 0.15) is 12.6 Å². The van der Waals surface area contributed by atoms with Crippen LogP contribution in [0.1, 0.15) is 57.1 Å². The molecule has 5 nitrogen and oxygen atoms in total. The molecule has 1 aliphatic heterocycles. The molecule has 2 aliphatic rings. The highest BCUT2D eigenvalue weighted by molar-refractivity contribution is 5.89. The van der Waals surface area contributed by atoms with E-state index in [9.17, 15) is 9.59 Å². The summed E-state index contributed by atoms with van der Waals surface area (Å²) in [7, 11) is 0. The minimum Gasteiger partial charge on any atom is -0.352 e. The topological polar surface area (TPSA) is 74.8 Å². The molecule has 4 N–H and O–H groups in total. The smallest absolute Gasteiger partial charge is 0.279 e. The number of nitrogens with one attached hydrogen (secondary N) is 2. The quantitative estimate of drug-likeness (QED) is 0.716. The molecule has 0 spiro atoms. The zero-order valence-electron chi connectivity index (χ0n) is 16.0. The molecule has 1 aromatic carbocycles. The van der Waals surface area contributed by atoms with Crippen molar-refractivity contribution in [2.24, 2.45) is 5.92 Å². The molecule has 26 heavy (non-hydrogen) atoms. The Morgan fingerprint density at radius 3 is 2.54 bits per heavy atom. The molecule has 1 saturated carbocycles. The van der Waals surface area contributed by atoms with Crippen LogP contribution in [0.5, 0.6) is 0 Å². The van der Waals surface area contributed by atoms with Gasteiger partial charge in [-0.05, 0) is 30.7 Å². The van der Waals surface area contributed by atoms with E-state index >= 15 is 0 Å². The minimum absolute atomic E-state index is 0.0184. The lowest BCUT2D eigenvalue weighted by atomic mass is 9.95. The lowest BCUT2D eigenvalue weighted by molar-refractivity contribution is -0.695. The van der Waals surface area contributed by atoms with Crippen molar-refractivity contribution in [2.75, 3.05) is 0 Å². The zero-order valence-corrected chi connectivity index (χ0v) is 16.0. The summed E-state index contributed by atoms with van der Waals surface area (Å²) in [6.45, 7) is 4.99. The number of fused-ring (bicyclic) bond motifs is 1.